The molecule has 0 unspecified atom stereocenters. The molecule has 0 saturated carbocycles. The number of rotatable bonds is 5. The van der Waals surface area contributed by atoms with E-state index in [1.165, 1.54) is 4.31 Å². The van der Waals surface area contributed by atoms with Gasteiger partial charge in [0.15, 0.2) is 0 Å². The first-order valence-corrected chi connectivity index (χ1v) is 10.7. The Morgan fingerprint density at radius 1 is 1.07 bits per heavy atom. The quantitative estimate of drug-likeness (QED) is 0.793. The zero-order valence-corrected chi connectivity index (χ0v) is 16.7. The van der Waals surface area contributed by atoms with Gasteiger partial charge in [-0.2, -0.15) is 4.31 Å². The van der Waals surface area contributed by atoms with Crippen molar-refractivity contribution in [1.82, 2.24) is 9.21 Å². The molecule has 0 bridgehead atoms. The van der Waals surface area contributed by atoms with Gasteiger partial charge in [-0.05, 0) is 37.5 Å². The molecule has 1 amide bonds. The summed E-state index contributed by atoms with van der Waals surface area (Å²) in [4.78, 5) is 14.9. The highest BCUT2D eigenvalue weighted by Crippen LogP contribution is 2.27. The number of amides is 1. The van der Waals surface area contributed by atoms with E-state index in [9.17, 15) is 13.2 Å². The largest absolute Gasteiger partial charge is 0.340 e. The Hall–Kier alpha value is -2.18. The van der Waals surface area contributed by atoms with Crippen LogP contribution < -0.4 is 0 Å². The molecule has 3 rings (SSSR count). The van der Waals surface area contributed by atoms with Crippen molar-refractivity contribution in [3.63, 3.8) is 0 Å². The monoisotopic (exact) mass is 386 g/mol. The maximum atomic E-state index is 13.1. The summed E-state index contributed by atoms with van der Waals surface area (Å²) in [5, 5.41) is 0. The summed E-state index contributed by atoms with van der Waals surface area (Å²) in [6.07, 6.45) is 2.19. The average molecular weight is 387 g/mol. The number of benzene rings is 2. The van der Waals surface area contributed by atoms with E-state index in [1.807, 2.05) is 37.3 Å². The van der Waals surface area contributed by atoms with E-state index in [1.54, 1.807) is 36.2 Å². The van der Waals surface area contributed by atoms with Crippen LogP contribution in [0.3, 0.4) is 0 Å². The molecule has 2 aromatic carbocycles. The maximum Gasteiger partial charge on any atom is 0.243 e. The Balaban J connectivity index is 1.82. The Morgan fingerprint density at radius 2 is 1.74 bits per heavy atom. The molecule has 1 heterocycles. The minimum Gasteiger partial charge on any atom is -0.340 e. The molecule has 0 N–H and O–H groups in total. The van der Waals surface area contributed by atoms with Crippen molar-refractivity contribution < 1.29 is 13.2 Å². The molecule has 144 valence electrons. The molecular weight excluding hydrogens is 360 g/mol. The summed E-state index contributed by atoms with van der Waals surface area (Å²) < 4.78 is 27.7. The normalized spacial score (nSPS) is 18.2. The molecule has 1 aliphatic rings. The first kappa shape index (κ1) is 19.6. The number of piperidine rings is 1. The highest BCUT2D eigenvalue weighted by molar-refractivity contribution is 7.89. The Kier molecular flexibility index (Phi) is 5.97. The lowest BCUT2D eigenvalue weighted by atomic mass is 10.0. The van der Waals surface area contributed by atoms with Crippen molar-refractivity contribution in [2.24, 2.45) is 0 Å². The van der Waals surface area contributed by atoms with Crippen molar-refractivity contribution in [2.75, 3.05) is 13.6 Å². The number of hydrogen-bond acceptors (Lipinski definition) is 3. The summed E-state index contributed by atoms with van der Waals surface area (Å²) in [5.41, 5.74) is 2.03. The molecule has 2 aromatic rings. The van der Waals surface area contributed by atoms with Crippen molar-refractivity contribution in [3.8, 4) is 0 Å². The number of likely N-dealkylation sites (N-methyl/N-ethyl adjacent to an activating group) is 1. The van der Waals surface area contributed by atoms with Gasteiger partial charge in [0.1, 0.15) is 6.04 Å². The van der Waals surface area contributed by atoms with Crippen LogP contribution >= 0.6 is 0 Å². The molecule has 1 atom stereocenters. The van der Waals surface area contributed by atoms with Gasteiger partial charge in [-0.3, -0.25) is 4.79 Å². The summed E-state index contributed by atoms with van der Waals surface area (Å²) in [5.74, 6) is -0.144. The molecule has 5 nitrogen and oxygen atoms in total. The van der Waals surface area contributed by atoms with Crippen LogP contribution in [0.1, 0.15) is 30.4 Å². The van der Waals surface area contributed by atoms with Crippen molar-refractivity contribution in [2.45, 2.75) is 43.7 Å². The van der Waals surface area contributed by atoms with Gasteiger partial charge < -0.3 is 4.90 Å². The number of sulfonamides is 1. The topological polar surface area (TPSA) is 57.7 Å². The Morgan fingerprint density at radius 3 is 2.41 bits per heavy atom. The standard InChI is InChI=1S/C21H26N2O3S/c1-17-11-13-19(14-12-17)27(25,26)23-15-7-6-10-20(23)21(24)22(2)16-18-8-4-3-5-9-18/h3-5,8-9,11-14,20H,6-7,10,15-16H2,1-2H3/t20-/m1/s1. The van der Waals surface area contributed by atoms with E-state index < -0.39 is 16.1 Å². The summed E-state index contributed by atoms with van der Waals surface area (Å²) in [6, 6.07) is 15.9. The maximum absolute atomic E-state index is 13.1. The fraction of sp³-hybridized carbons (Fsp3) is 0.381. The van der Waals surface area contributed by atoms with Crippen LogP contribution in [-0.2, 0) is 21.4 Å². The van der Waals surface area contributed by atoms with Crippen LogP contribution in [0.4, 0.5) is 0 Å². The fourth-order valence-electron chi connectivity index (χ4n) is 3.47. The van der Waals surface area contributed by atoms with Crippen LogP contribution in [0.25, 0.3) is 0 Å². The van der Waals surface area contributed by atoms with Crippen LogP contribution in [0, 0.1) is 6.92 Å². The zero-order chi connectivity index (χ0) is 19.4. The van der Waals surface area contributed by atoms with E-state index in [2.05, 4.69) is 0 Å². The average Bonchev–Trinajstić information content (AvgIpc) is 2.68. The van der Waals surface area contributed by atoms with Crippen molar-refractivity contribution >= 4 is 15.9 Å². The SMILES string of the molecule is Cc1ccc(S(=O)(=O)N2CCCC[C@@H]2C(=O)N(C)Cc2ccccc2)cc1. The zero-order valence-electron chi connectivity index (χ0n) is 15.8. The van der Waals surface area contributed by atoms with Gasteiger partial charge in [0.25, 0.3) is 0 Å². The summed E-state index contributed by atoms with van der Waals surface area (Å²) in [6.45, 7) is 2.77. The van der Waals surface area contributed by atoms with Crippen LogP contribution in [0.5, 0.6) is 0 Å². The minimum atomic E-state index is -3.69. The van der Waals surface area contributed by atoms with Crippen LogP contribution in [0.15, 0.2) is 59.5 Å². The fourth-order valence-corrected chi connectivity index (χ4v) is 5.13. The van der Waals surface area contributed by atoms with Gasteiger partial charge in [0, 0.05) is 20.1 Å². The molecule has 0 radical (unpaired) electrons. The third-order valence-electron chi connectivity index (χ3n) is 5.01. The Labute approximate surface area is 161 Å². The molecule has 27 heavy (non-hydrogen) atoms. The lowest BCUT2D eigenvalue weighted by molar-refractivity contribution is -0.135. The predicted molar refractivity (Wildman–Crippen MR) is 106 cm³/mol. The molecule has 1 aliphatic heterocycles. The third kappa shape index (κ3) is 4.39. The number of carbonyl (C=O) groups excluding carboxylic acids is 1. The molecule has 0 aliphatic carbocycles. The summed E-state index contributed by atoms with van der Waals surface area (Å²) >= 11 is 0. The van der Waals surface area contributed by atoms with Crippen LogP contribution in [0.2, 0.25) is 0 Å². The van der Waals surface area contributed by atoms with Crippen molar-refractivity contribution in [3.05, 3.63) is 65.7 Å². The number of carbonyl (C=O) groups is 1. The lowest BCUT2D eigenvalue weighted by Gasteiger charge is -2.35. The second kappa shape index (κ2) is 8.23. The van der Waals surface area contributed by atoms with Gasteiger partial charge in [-0.15, -0.1) is 0 Å². The lowest BCUT2D eigenvalue weighted by Crippen LogP contribution is -2.51. The molecular formula is C21H26N2O3S. The smallest absolute Gasteiger partial charge is 0.243 e. The molecule has 6 heteroatoms. The number of aryl methyl sites for hydroxylation is 1. The molecule has 0 spiro atoms. The van der Waals surface area contributed by atoms with Gasteiger partial charge in [-0.1, -0.05) is 54.4 Å². The predicted octanol–water partition coefficient (Wildman–Crippen LogP) is 3.20. The van der Waals surface area contributed by atoms with Crippen LogP contribution in [-0.4, -0.2) is 43.2 Å². The summed E-state index contributed by atoms with van der Waals surface area (Å²) in [7, 11) is -1.96. The van der Waals surface area contributed by atoms with Crippen molar-refractivity contribution in [1.29, 1.82) is 0 Å². The number of hydrogen-bond donors (Lipinski definition) is 0. The number of nitrogens with zero attached hydrogens (tertiary/aromatic N) is 2. The van der Waals surface area contributed by atoms with Gasteiger partial charge in [0.05, 0.1) is 4.90 Å². The molecule has 1 saturated heterocycles. The van der Waals surface area contributed by atoms with E-state index >= 15 is 0 Å². The highest BCUT2D eigenvalue weighted by Gasteiger charge is 2.38. The molecule has 0 aromatic heterocycles. The second-order valence-corrected chi connectivity index (χ2v) is 9.01. The van der Waals surface area contributed by atoms with Gasteiger partial charge in [-0.25, -0.2) is 8.42 Å². The van der Waals surface area contributed by atoms with E-state index in [4.69, 9.17) is 0 Å². The second-order valence-electron chi connectivity index (χ2n) is 7.12. The highest BCUT2D eigenvalue weighted by atomic mass is 32.2. The van der Waals surface area contributed by atoms with Gasteiger partial charge in [0.2, 0.25) is 15.9 Å². The van der Waals surface area contributed by atoms with Gasteiger partial charge >= 0.3 is 0 Å². The Bertz CT molecular complexity index is 879. The first-order valence-electron chi connectivity index (χ1n) is 9.27. The van der Waals surface area contributed by atoms with E-state index in [0.717, 1.165) is 24.0 Å². The molecule has 1 fully saturated rings. The van der Waals surface area contributed by atoms with E-state index in [0.29, 0.717) is 19.5 Å². The third-order valence-corrected chi connectivity index (χ3v) is 6.93. The first-order chi connectivity index (χ1) is 12.9. The minimum absolute atomic E-state index is 0.144. The van der Waals surface area contributed by atoms with E-state index in [-0.39, 0.29) is 10.8 Å².